The van der Waals surface area contributed by atoms with Crippen molar-refractivity contribution in [3.8, 4) is 6.07 Å². The molecule has 0 aliphatic heterocycles. The van der Waals surface area contributed by atoms with Crippen molar-refractivity contribution in [1.82, 2.24) is 0 Å². The number of carbonyl (C=O) groups excluding carboxylic acids is 2. The van der Waals surface area contributed by atoms with Crippen molar-refractivity contribution >= 4 is 33.5 Å². The lowest BCUT2D eigenvalue weighted by Crippen LogP contribution is -2.35. The number of nitrogens with zero attached hydrogens (tertiary/aromatic N) is 2. The van der Waals surface area contributed by atoms with Gasteiger partial charge in [-0.3, -0.25) is 4.79 Å². The standard InChI is InChI=1S/C18H15BrN2O3/c19-16-10-5-4-9-15(16)18(23)24-13-17(22)21(12-6-11-20)14-7-2-1-3-8-14/h1-5,7-10H,6,12-13H2. The van der Waals surface area contributed by atoms with Crippen LogP contribution < -0.4 is 4.90 Å². The number of carbonyl (C=O) groups is 2. The molecule has 24 heavy (non-hydrogen) atoms. The van der Waals surface area contributed by atoms with Crippen molar-refractivity contribution in [1.29, 1.82) is 5.26 Å². The van der Waals surface area contributed by atoms with Crippen LogP contribution in [-0.4, -0.2) is 25.0 Å². The maximum Gasteiger partial charge on any atom is 0.339 e. The molecule has 2 aromatic rings. The summed E-state index contributed by atoms with van der Waals surface area (Å²) in [6.07, 6.45) is 0.193. The molecule has 0 aliphatic rings. The average molecular weight is 387 g/mol. The van der Waals surface area contributed by atoms with E-state index >= 15 is 0 Å². The zero-order chi connectivity index (χ0) is 17.4. The van der Waals surface area contributed by atoms with Crippen LogP contribution in [0.25, 0.3) is 0 Å². The van der Waals surface area contributed by atoms with Gasteiger partial charge in [0.05, 0.1) is 18.1 Å². The van der Waals surface area contributed by atoms with Crippen molar-refractivity contribution in [2.75, 3.05) is 18.1 Å². The van der Waals surface area contributed by atoms with Gasteiger partial charge in [-0.15, -0.1) is 0 Å². The number of hydrogen-bond acceptors (Lipinski definition) is 4. The number of halogens is 1. The first-order valence-corrected chi connectivity index (χ1v) is 8.07. The summed E-state index contributed by atoms with van der Waals surface area (Å²) in [5.41, 5.74) is 1.02. The summed E-state index contributed by atoms with van der Waals surface area (Å²) in [5.74, 6) is -0.957. The molecule has 0 fully saturated rings. The van der Waals surface area contributed by atoms with Gasteiger partial charge in [-0.1, -0.05) is 30.3 Å². The minimum Gasteiger partial charge on any atom is -0.452 e. The molecular weight excluding hydrogens is 372 g/mol. The molecule has 5 nitrogen and oxygen atoms in total. The first-order chi connectivity index (χ1) is 11.6. The maximum atomic E-state index is 12.4. The SMILES string of the molecule is N#CCCN(C(=O)COC(=O)c1ccccc1Br)c1ccccc1. The van der Waals surface area contributed by atoms with Gasteiger partial charge in [0, 0.05) is 16.7 Å². The zero-order valence-corrected chi connectivity index (χ0v) is 14.4. The predicted octanol–water partition coefficient (Wildman–Crippen LogP) is 3.55. The Morgan fingerprint density at radius 2 is 1.75 bits per heavy atom. The van der Waals surface area contributed by atoms with Crippen molar-refractivity contribution < 1.29 is 14.3 Å². The molecule has 0 spiro atoms. The van der Waals surface area contributed by atoms with E-state index in [4.69, 9.17) is 10.00 Å². The van der Waals surface area contributed by atoms with Crippen LogP contribution in [0.2, 0.25) is 0 Å². The molecule has 122 valence electrons. The van der Waals surface area contributed by atoms with Crippen molar-refractivity contribution in [3.63, 3.8) is 0 Å². The Bertz CT molecular complexity index is 756. The van der Waals surface area contributed by atoms with E-state index in [0.29, 0.717) is 15.7 Å². The first-order valence-electron chi connectivity index (χ1n) is 7.27. The minimum absolute atomic E-state index is 0.193. The molecule has 6 heteroatoms. The molecule has 0 saturated carbocycles. The molecule has 0 bridgehead atoms. The normalized spacial score (nSPS) is 9.83. The Morgan fingerprint density at radius 3 is 2.42 bits per heavy atom. The van der Waals surface area contributed by atoms with E-state index in [0.717, 1.165) is 0 Å². The summed E-state index contributed by atoms with van der Waals surface area (Å²) >= 11 is 3.27. The summed E-state index contributed by atoms with van der Waals surface area (Å²) in [4.78, 5) is 25.9. The van der Waals surface area contributed by atoms with E-state index in [1.54, 1.807) is 48.5 Å². The molecule has 0 aromatic heterocycles. The summed E-state index contributed by atoms with van der Waals surface area (Å²) in [6.45, 7) is -0.146. The van der Waals surface area contributed by atoms with Gasteiger partial charge in [0.1, 0.15) is 0 Å². The van der Waals surface area contributed by atoms with Gasteiger partial charge in [-0.05, 0) is 40.2 Å². The van der Waals surface area contributed by atoms with Crippen LogP contribution >= 0.6 is 15.9 Å². The van der Waals surface area contributed by atoms with E-state index in [9.17, 15) is 9.59 Å². The van der Waals surface area contributed by atoms with Crippen molar-refractivity contribution in [2.24, 2.45) is 0 Å². The number of rotatable bonds is 6. The Labute approximate surface area is 148 Å². The minimum atomic E-state index is -0.580. The van der Waals surface area contributed by atoms with Crippen LogP contribution in [0.3, 0.4) is 0 Å². The molecule has 0 atom stereocenters. The monoisotopic (exact) mass is 386 g/mol. The van der Waals surface area contributed by atoms with Crippen LogP contribution in [0, 0.1) is 11.3 Å². The molecule has 0 aliphatic carbocycles. The number of hydrogen-bond donors (Lipinski definition) is 0. The summed E-state index contributed by atoms with van der Waals surface area (Å²) in [7, 11) is 0. The van der Waals surface area contributed by atoms with E-state index < -0.39 is 5.97 Å². The number of para-hydroxylation sites is 1. The third kappa shape index (κ3) is 4.67. The lowest BCUT2D eigenvalue weighted by molar-refractivity contribution is -0.121. The molecule has 1 amide bonds. The molecule has 0 saturated heterocycles. The number of esters is 1. The molecule has 0 heterocycles. The maximum absolute atomic E-state index is 12.4. The van der Waals surface area contributed by atoms with Crippen molar-refractivity contribution in [3.05, 3.63) is 64.6 Å². The summed E-state index contributed by atoms with van der Waals surface area (Å²) in [6, 6.07) is 17.8. The van der Waals surface area contributed by atoms with Crippen molar-refractivity contribution in [2.45, 2.75) is 6.42 Å². The topological polar surface area (TPSA) is 70.4 Å². The molecule has 0 N–H and O–H groups in total. The highest BCUT2D eigenvalue weighted by Crippen LogP contribution is 2.17. The lowest BCUT2D eigenvalue weighted by atomic mass is 10.2. The average Bonchev–Trinajstić information content (AvgIpc) is 2.61. The molecular formula is C18H15BrN2O3. The number of benzene rings is 2. The second kappa shape index (κ2) is 8.85. The van der Waals surface area contributed by atoms with Gasteiger partial charge in [0.15, 0.2) is 6.61 Å². The Kier molecular flexibility index (Phi) is 6.52. The van der Waals surface area contributed by atoms with Gasteiger partial charge < -0.3 is 9.64 Å². The fourth-order valence-corrected chi connectivity index (χ4v) is 2.52. The molecule has 0 unspecified atom stereocenters. The number of anilines is 1. The smallest absolute Gasteiger partial charge is 0.339 e. The number of ether oxygens (including phenoxy) is 1. The fourth-order valence-electron chi connectivity index (χ4n) is 2.08. The summed E-state index contributed by atoms with van der Waals surface area (Å²) in [5, 5.41) is 8.76. The first kappa shape index (κ1) is 17.7. The molecule has 2 aromatic carbocycles. The van der Waals surface area contributed by atoms with Crippen LogP contribution in [0.1, 0.15) is 16.8 Å². The van der Waals surface area contributed by atoms with Gasteiger partial charge in [0.25, 0.3) is 5.91 Å². The van der Waals surface area contributed by atoms with E-state index in [1.165, 1.54) is 4.90 Å². The van der Waals surface area contributed by atoms with Gasteiger partial charge in [-0.2, -0.15) is 5.26 Å². The Hall–Kier alpha value is -2.65. The van der Waals surface area contributed by atoms with Gasteiger partial charge in [-0.25, -0.2) is 4.79 Å². The molecule has 0 radical (unpaired) electrons. The number of nitriles is 1. The fraction of sp³-hybridized carbons (Fsp3) is 0.167. The van der Waals surface area contributed by atoms with Gasteiger partial charge in [0.2, 0.25) is 0 Å². The van der Waals surface area contributed by atoms with E-state index in [1.807, 2.05) is 12.1 Å². The van der Waals surface area contributed by atoms with E-state index in [2.05, 4.69) is 15.9 Å². The highest BCUT2D eigenvalue weighted by Gasteiger charge is 2.18. The largest absolute Gasteiger partial charge is 0.452 e. The van der Waals surface area contributed by atoms with Crippen LogP contribution in [0.5, 0.6) is 0 Å². The predicted molar refractivity (Wildman–Crippen MR) is 93.4 cm³/mol. The second-order valence-corrected chi connectivity index (χ2v) is 5.70. The quantitative estimate of drug-likeness (QED) is 0.711. The molecule has 2 rings (SSSR count). The Balaban J connectivity index is 2.04. The zero-order valence-electron chi connectivity index (χ0n) is 12.8. The third-order valence-corrected chi connectivity index (χ3v) is 3.93. The Morgan fingerprint density at radius 1 is 1.08 bits per heavy atom. The van der Waals surface area contributed by atoms with Crippen LogP contribution in [0.4, 0.5) is 5.69 Å². The van der Waals surface area contributed by atoms with Crippen LogP contribution in [-0.2, 0) is 9.53 Å². The highest BCUT2D eigenvalue weighted by molar-refractivity contribution is 9.10. The van der Waals surface area contributed by atoms with Crippen LogP contribution in [0.15, 0.2) is 59.1 Å². The number of amides is 1. The third-order valence-electron chi connectivity index (χ3n) is 3.24. The lowest BCUT2D eigenvalue weighted by Gasteiger charge is -2.21. The summed E-state index contributed by atoms with van der Waals surface area (Å²) < 4.78 is 5.71. The van der Waals surface area contributed by atoms with E-state index in [-0.39, 0.29) is 25.5 Å². The second-order valence-electron chi connectivity index (χ2n) is 4.85. The van der Waals surface area contributed by atoms with Gasteiger partial charge >= 0.3 is 5.97 Å². The highest BCUT2D eigenvalue weighted by atomic mass is 79.9.